The van der Waals surface area contributed by atoms with Crippen LogP contribution < -0.4 is 5.32 Å². The van der Waals surface area contributed by atoms with Gasteiger partial charge < -0.3 is 5.32 Å². The fourth-order valence-corrected chi connectivity index (χ4v) is 3.00. The molecule has 1 unspecified atom stereocenters. The van der Waals surface area contributed by atoms with Crippen molar-refractivity contribution in [2.24, 2.45) is 5.41 Å². The Labute approximate surface area is 135 Å². The highest BCUT2D eigenvalue weighted by Gasteiger charge is 2.20. The molecule has 0 aliphatic carbocycles. The van der Waals surface area contributed by atoms with Crippen LogP contribution in [0.3, 0.4) is 0 Å². The minimum atomic E-state index is 0.523. The molecule has 0 amide bonds. The molecule has 1 nitrogen and oxygen atoms in total. The molecular weight excluding hydrogens is 254 g/mol. The van der Waals surface area contributed by atoms with E-state index in [1.54, 1.807) is 0 Å². The lowest BCUT2D eigenvalue weighted by molar-refractivity contribution is 0.259. The van der Waals surface area contributed by atoms with E-state index in [0.29, 0.717) is 5.41 Å². The van der Waals surface area contributed by atoms with Crippen LogP contribution in [0.1, 0.15) is 111 Å². The Hall–Kier alpha value is -0.0400. The van der Waals surface area contributed by atoms with Crippen LogP contribution in [0.15, 0.2) is 0 Å². The Kier molecular flexibility index (Phi) is 14.9. The molecule has 0 bridgehead atoms. The number of rotatable bonds is 16. The van der Waals surface area contributed by atoms with Crippen LogP contribution in [0, 0.1) is 5.41 Å². The van der Waals surface area contributed by atoms with Crippen LogP contribution in [0.25, 0.3) is 0 Å². The molecule has 0 saturated carbocycles. The van der Waals surface area contributed by atoms with Crippen molar-refractivity contribution in [3.05, 3.63) is 0 Å². The molecule has 0 aliphatic rings. The first kappa shape index (κ1) is 21.0. The number of nitrogens with one attached hydrogen (secondary N) is 1. The van der Waals surface area contributed by atoms with Crippen molar-refractivity contribution in [3.63, 3.8) is 0 Å². The summed E-state index contributed by atoms with van der Waals surface area (Å²) in [5.41, 5.74) is 0.523. The quantitative estimate of drug-likeness (QED) is 0.312. The molecule has 0 aromatic heterocycles. The topological polar surface area (TPSA) is 12.0 Å². The highest BCUT2D eigenvalue weighted by molar-refractivity contribution is 4.75. The molecule has 0 aromatic carbocycles. The van der Waals surface area contributed by atoms with E-state index in [2.05, 4.69) is 33.0 Å². The maximum atomic E-state index is 3.61. The molecule has 0 heterocycles. The van der Waals surface area contributed by atoms with Crippen molar-refractivity contribution in [1.29, 1.82) is 0 Å². The molecule has 0 radical (unpaired) electrons. The average molecular weight is 298 g/mol. The molecule has 1 heteroatoms. The minimum Gasteiger partial charge on any atom is -0.316 e. The lowest BCUT2D eigenvalue weighted by atomic mass is 9.82. The summed E-state index contributed by atoms with van der Waals surface area (Å²) in [5, 5.41) is 3.61. The number of hydrogen-bond acceptors (Lipinski definition) is 1. The van der Waals surface area contributed by atoms with Gasteiger partial charge in [-0.2, -0.15) is 0 Å². The lowest BCUT2D eigenvalue weighted by Gasteiger charge is -2.28. The summed E-state index contributed by atoms with van der Waals surface area (Å²) < 4.78 is 0. The van der Waals surface area contributed by atoms with Gasteiger partial charge in [-0.15, -0.1) is 0 Å². The standard InChI is InChI=1S/C20H43N/c1-5-8-9-10-11-12-13-14-15-16-17-20(4,7-3)19-21-18-6-2/h21H,5-19H2,1-4H3. The molecule has 1 N–H and O–H groups in total. The monoisotopic (exact) mass is 297 g/mol. The summed E-state index contributed by atoms with van der Waals surface area (Å²) in [7, 11) is 0. The minimum absolute atomic E-state index is 0.523. The second-order valence-corrected chi connectivity index (χ2v) is 7.27. The highest BCUT2D eigenvalue weighted by Crippen LogP contribution is 2.27. The smallest absolute Gasteiger partial charge is 0.000506 e. The van der Waals surface area contributed by atoms with Crippen LogP contribution in [0.2, 0.25) is 0 Å². The molecule has 0 rings (SSSR count). The fraction of sp³-hybridized carbons (Fsp3) is 1.00. The van der Waals surface area contributed by atoms with Crippen molar-refractivity contribution in [2.75, 3.05) is 13.1 Å². The predicted octanol–water partition coefficient (Wildman–Crippen LogP) is 6.71. The maximum absolute atomic E-state index is 3.61. The summed E-state index contributed by atoms with van der Waals surface area (Å²) in [5.74, 6) is 0. The zero-order chi connectivity index (χ0) is 15.8. The van der Waals surface area contributed by atoms with Gasteiger partial charge in [0.25, 0.3) is 0 Å². The van der Waals surface area contributed by atoms with Crippen LogP contribution in [-0.4, -0.2) is 13.1 Å². The molecule has 21 heavy (non-hydrogen) atoms. The average Bonchev–Trinajstić information content (AvgIpc) is 2.49. The first-order chi connectivity index (χ1) is 10.2. The maximum Gasteiger partial charge on any atom is 0.000506 e. The molecule has 0 fully saturated rings. The third kappa shape index (κ3) is 13.4. The molecular formula is C20H43N. The van der Waals surface area contributed by atoms with Crippen LogP contribution in [0.4, 0.5) is 0 Å². The van der Waals surface area contributed by atoms with Crippen LogP contribution >= 0.6 is 0 Å². The largest absolute Gasteiger partial charge is 0.316 e. The van der Waals surface area contributed by atoms with Crippen molar-refractivity contribution in [1.82, 2.24) is 5.32 Å². The van der Waals surface area contributed by atoms with Gasteiger partial charge in [-0.05, 0) is 31.2 Å². The number of hydrogen-bond donors (Lipinski definition) is 1. The summed E-state index contributed by atoms with van der Waals surface area (Å²) in [6.45, 7) is 11.7. The second kappa shape index (κ2) is 14.9. The molecule has 0 spiro atoms. The van der Waals surface area contributed by atoms with E-state index in [1.165, 1.54) is 96.6 Å². The van der Waals surface area contributed by atoms with E-state index in [1.807, 2.05) is 0 Å². The molecule has 0 saturated heterocycles. The Bertz CT molecular complexity index is 202. The summed E-state index contributed by atoms with van der Waals surface area (Å²) in [6.07, 6.45) is 18.4. The fourth-order valence-electron chi connectivity index (χ4n) is 3.00. The normalized spacial score (nSPS) is 14.3. The van der Waals surface area contributed by atoms with E-state index in [4.69, 9.17) is 0 Å². The first-order valence-electron chi connectivity index (χ1n) is 9.89. The highest BCUT2D eigenvalue weighted by atomic mass is 14.9. The first-order valence-corrected chi connectivity index (χ1v) is 9.89. The van der Waals surface area contributed by atoms with Gasteiger partial charge in [0.15, 0.2) is 0 Å². The van der Waals surface area contributed by atoms with Gasteiger partial charge in [-0.3, -0.25) is 0 Å². The molecule has 1 atom stereocenters. The van der Waals surface area contributed by atoms with Gasteiger partial charge in [0.1, 0.15) is 0 Å². The zero-order valence-electron chi connectivity index (χ0n) is 15.6. The van der Waals surface area contributed by atoms with Gasteiger partial charge in [0, 0.05) is 6.54 Å². The zero-order valence-corrected chi connectivity index (χ0v) is 15.6. The Morgan fingerprint density at radius 3 is 1.67 bits per heavy atom. The van der Waals surface area contributed by atoms with Crippen LogP contribution in [-0.2, 0) is 0 Å². The third-order valence-electron chi connectivity index (χ3n) is 4.97. The van der Waals surface area contributed by atoms with E-state index in [-0.39, 0.29) is 0 Å². The predicted molar refractivity (Wildman–Crippen MR) is 98.0 cm³/mol. The van der Waals surface area contributed by atoms with Gasteiger partial charge in [-0.25, -0.2) is 0 Å². The Morgan fingerprint density at radius 2 is 1.19 bits per heavy atom. The van der Waals surface area contributed by atoms with E-state index < -0.39 is 0 Å². The lowest BCUT2D eigenvalue weighted by Crippen LogP contribution is -2.31. The van der Waals surface area contributed by atoms with E-state index >= 15 is 0 Å². The van der Waals surface area contributed by atoms with Gasteiger partial charge >= 0.3 is 0 Å². The Morgan fingerprint density at radius 1 is 0.667 bits per heavy atom. The van der Waals surface area contributed by atoms with Crippen molar-refractivity contribution < 1.29 is 0 Å². The van der Waals surface area contributed by atoms with Crippen molar-refractivity contribution in [3.8, 4) is 0 Å². The number of unbranched alkanes of at least 4 members (excludes halogenated alkanes) is 9. The SMILES string of the molecule is CCCCCCCCCCCCC(C)(CC)CNCCC. The van der Waals surface area contributed by atoms with Gasteiger partial charge in [0.05, 0.1) is 0 Å². The van der Waals surface area contributed by atoms with Gasteiger partial charge in [0.2, 0.25) is 0 Å². The van der Waals surface area contributed by atoms with Crippen molar-refractivity contribution >= 4 is 0 Å². The van der Waals surface area contributed by atoms with Crippen molar-refractivity contribution in [2.45, 2.75) is 111 Å². The van der Waals surface area contributed by atoms with Crippen LogP contribution in [0.5, 0.6) is 0 Å². The molecule has 128 valence electrons. The van der Waals surface area contributed by atoms with Gasteiger partial charge in [-0.1, -0.05) is 91.9 Å². The summed E-state index contributed by atoms with van der Waals surface area (Å²) in [4.78, 5) is 0. The molecule has 0 aliphatic heterocycles. The molecule has 0 aromatic rings. The second-order valence-electron chi connectivity index (χ2n) is 7.27. The van der Waals surface area contributed by atoms with E-state index in [9.17, 15) is 0 Å². The van der Waals surface area contributed by atoms with E-state index in [0.717, 1.165) is 0 Å². The Balaban J connectivity index is 3.42. The summed E-state index contributed by atoms with van der Waals surface area (Å²) in [6, 6.07) is 0. The summed E-state index contributed by atoms with van der Waals surface area (Å²) >= 11 is 0. The third-order valence-corrected chi connectivity index (χ3v) is 4.97.